The summed E-state index contributed by atoms with van der Waals surface area (Å²) in [6.07, 6.45) is 1.80. The molecule has 6 nitrogen and oxygen atoms in total. The molecule has 1 N–H and O–H groups in total. The Labute approximate surface area is 157 Å². The molecule has 0 aromatic carbocycles. The van der Waals surface area contributed by atoms with Crippen LogP contribution < -0.4 is 10.8 Å². The van der Waals surface area contributed by atoms with E-state index in [2.05, 4.69) is 51.0 Å². The van der Waals surface area contributed by atoms with Gasteiger partial charge in [-0.15, -0.1) is 0 Å². The molecule has 0 amide bonds. The molecule has 144 valence electrons. The van der Waals surface area contributed by atoms with Crippen LogP contribution >= 0.6 is 0 Å². The van der Waals surface area contributed by atoms with Gasteiger partial charge in [0.2, 0.25) is 0 Å². The Morgan fingerprint density at radius 2 is 1.96 bits per heavy atom. The van der Waals surface area contributed by atoms with Crippen molar-refractivity contribution < 1.29 is 14.0 Å². The van der Waals surface area contributed by atoms with Gasteiger partial charge in [-0.3, -0.25) is 4.98 Å². The minimum Gasteiger partial charge on any atom is -0.399 e. The number of aromatic nitrogens is 1. The number of hydrogen-bond acceptors (Lipinski definition) is 6. The molecule has 0 bridgehead atoms. The van der Waals surface area contributed by atoms with Gasteiger partial charge in [0.1, 0.15) is 0 Å². The van der Waals surface area contributed by atoms with Crippen LogP contribution in [0.5, 0.6) is 0 Å². The Morgan fingerprint density at radius 1 is 1.31 bits per heavy atom. The number of nitrogens with zero attached hydrogens (tertiary/aromatic N) is 2. The second-order valence-corrected chi connectivity index (χ2v) is 8.48. The van der Waals surface area contributed by atoms with Crippen molar-refractivity contribution in [3.05, 3.63) is 23.5 Å². The first-order valence-electron chi connectivity index (χ1n) is 9.44. The summed E-state index contributed by atoms with van der Waals surface area (Å²) in [5.41, 5.74) is 2.37. The third-order valence-corrected chi connectivity index (χ3v) is 5.99. The van der Waals surface area contributed by atoms with Crippen molar-refractivity contribution in [2.75, 3.05) is 33.8 Å². The second kappa shape index (κ2) is 7.21. The summed E-state index contributed by atoms with van der Waals surface area (Å²) >= 11 is 0. The van der Waals surface area contributed by atoms with E-state index in [1.807, 2.05) is 13.1 Å². The maximum Gasteiger partial charge on any atom is 0.496 e. The predicted molar refractivity (Wildman–Crippen MR) is 104 cm³/mol. The van der Waals surface area contributed by atoms with E-state index in [-0.39, 0.29) is 23.3 Å². The fourth-order valence-corrected chi connectivity index (χ4v) is 3.45. The molecule has 1 aromatic rings. The Bertz CT molecular complexity index is 637. The summed E-state index contributed by atoms with van der Waals surface area (Å²) in [5, 5.41) is 3.62. The van der Waals surface area contributed by atoms with E-state index in [9.17, 15) is 0 Å². The average Bonchev–Trinajstić information content (AvgIpc) is 2.81. The van der Waals surface area contributed by atoms with Gasteiger partial charge in [-0.2, -0.15) is 0 Å². The summed E-state index contributed by atoms with van der Waals surface area (Å²) in [6.45, 7) is 13.3. The zero-order chi connectivity index (χ0) is 19.1. The summed E-state index contributed by atoms with van der Waals surface area (Å²) in [7, 11) is 3.47. The van der Waals surface area contributed by atoms with Gasteiger partial charge in [-0.25, -0.2) is 0 Å². The largest absolute Gasteiger partial charge is 0.496 e. The highest BCUT2D eigenvalue weighted by atomic mass is 16.7. The number of likely N-dealkylation sites (N-methyl/N-ethyl adjacent to an activating group) is 1. The maximum absolute atomic E-state index is 6.22. The van der Waals surface area contributed by atoms with Crippen molar-refractivity contribution >= 4 is 12.6 Å². The highest BCUT2D eigenvalue weighted by molar-refractivity contribution is 6.62. The van der Waals surface area contributed by atoms with Crippen LogP contribution in [0.25, 0.3) is 0 Å². The highest BCUT2D eigenvalue weighted by Gasteiger charge is 2.52. The SMILES string of the molecule is CO[C@@H](C)c1ncc(B2OC(C)(C)C(C)(C)O2)cc1C1CN(C)CCN1. The summed E-state index contributed by atoms with van der Waals surface area (Å²) < 4.78 is 18.0. The molecule has 3 rings (SSSR count). The quantitative estimate of drug-likeness (QED) is 0.824. The lowest BCUT2D eigenvalue weighted by atomic mass is 9.78. The second-order valence-electron chi connectivity index (χ2n) is 8.48. The summed E-state index contributed by atoms with van der Waals surface area (Å²) in [6, 6.07) is 2.40. The molecule has 7 heteroatoms. The van der Waals surface area contributed by atoms with Crippen molar-refractivity contribution in [1.82, 2.24) is 15.2 Å². The molecule has 2 aliphatic rings. The average molecular weight is 361 g/mol. The van der Waals surface area contributed by atoms with E-state index in [1.165, 1.54) is 0 Å². The van der Waals surface area contributed by atoms with Crippen molar-refractivity contribution in [3.63, 3.8) is 0 Å². The van der Waals surface area contributed by atoms with Crippen LogP contribution in [0.1, 0.15) is 58.0 Å². The fraction of sp³-hybridized carbons (Fsp3) is 0.737. The van der Waals surface area contributed by atoms with Gasteiger partial charge < -0.3 is 24.3 Å². The normalized spacial score (nSPS) is 26.9. The molecule has 0 saturated carbocycles. The number of pyridine rings is 1. The molecule has 3 heterocycles. The number of piperazine rings is 1. The molecule has 2 saturated heterocycles. The molecule has 1 unspecified atom stereocenters. The number of ether oxygens (including phenoxy) is 1. The molecule has 0 aliphatic carbocycles. The van der Waals surface area contributed by atoms with Crippen LogP contribution in [0.4, 0.5) is 0 Å². The van der Waals surface area contributed by atoms with Gasteiger partial charge in [0.25, 0.3) is 0 Å². The number of hydrogen-bond donors (Lipinski definition) is 1. The fourth-order valence-electron chi connectivity index (χ4n) is 3.45. The number of rotatable bonds is 4. The van der Waals surface area contributed by atoms with Crippen molar-refractivity contribution in [2.24, 2.45) is 0 Å². The van der Waals surface area contributed by atoms with Crippen LogP contribution in [-0.2, 0) is 14.0 Å². The lowest BCUT2D eigenvalue weighted by Gasteiger charge is -2.33. The van der Waals surface area contributed by atoms with Gasteiger partial charge >= 0.3 is 7.12 Å². The van der Waals surface area contributed by atoms with Crippen LogP contribution in [0.2, 0.25) is 0 Å². The van der Waals surface area contributed by atoms with Gasteiger partial charge in [0.05, 0.1) is 23.0 Å². The van der Waals surface area contributed by atoms with Crippen molar-refractivity contribution in [3.8, 4) is 0 Å². The van der Waals surface area contributed by atoms with Gasteiger partial charge in [-0.05, 0) is 47.2 Å². The monoisotopic (exact) mass is 361 g/mol. The predicted octanol–water partition coefficient (Wildman–Crippen LogP) is 1.66. The molecule has 2 aliphatic heterocycles. The molecule has 2 fully saturated rings. The molecular weight excluding hydrogens is 329 g/mol. The van der Waals surface area contributed by atoms with Crippen LogP contribution in [0, 0.1) is 0 Å². The van der Waals surface area contributed by atoms with Gasteiger partial charge in [0.15, 0.2) is 0 Å². The summed E-state index contributed by atoms with van der Waals surface area (Å²) in [5.74, 6) is 0. The van der Waals surface area contributed by atoms with Gasteiger partial charge in [0, 0.05) is 44.4 Å². The van der Waals surface area contributed by atoms with E-state index < -0.39 is 7.12 Å². The number of methoxy groups -OCH3 is 1. The van der Waals surface area contributed by atoms with E-state index in [0.29, 0.717) is 0 Å². The maximum atomic E-state index is 6.22. The van der Waals surface area contributed by atoms with Crippen molar-refractivity contribution in [1.29, 1.82) is 0 Å². The first kappa shape index (κ1) is 19.8. The molecule has 1 aromatic heterocycles. The minimum absolute atomic E-state index is 0.0635. The number of nitrogens with one attached hydrogen (secondary N) is 1. The standard InChI is InChI=1S/C19H32BN3O3/c1-13(24-7)17-15(16-12-23(6)9-8-21-16)10-14(11-22-17)20-25-18(2,3)19(4,5)26-20/h10-11,13,16,21H,8-9,12H2,1-7H3/t13-,16?/m0/s1. The zero-order valence-electron chi connectivity index (χ0n) is 17.1. The highest BCUT2D eigenvalue weighted by Crippen LogP contribution is 2.36. The third kappa shape index (κ3) is 3.69. The van der Waals surface area contributed by atoms with Crippen LogP contribution in [0.3, 0.4) is 0 Å². The molecule has 0 radical (unpaired) electrons. The Hall–Kier alpha value is -0.985. The molecule has 2 atom stereocenters. The lowest BCUT2D eigenvalue weighted by Crippen LogP contribution is -2.45. The Morgan fingerprint density at radius 3 is 2.54 bits per heavy atom. The van der Waals surface area contributed by atoms with E-state index in [1.54, 1.807) is 7.11 Å². The summed E-state index contributed by atoms with van der Waals surface area (Å²) in [4.78, 5) is 7.08. The Balaban J connectivity index is 1.95. The Kier molecular flexibility index (Phi) is 5.48. The molecular formula is C19H32BN3O3. The molecule has 0 spiro atoms. The van der Waals surface area contributed by atoms with E-state index in [0.717, 1.165) is 36.4 Å². The van der Waals surface area contributed by atoms with Crippen LogP contribution in [0.15, 0.2) is 12.3 Å². The van der Waals surface area contributed by atoms with Gasteiger partial charge in [-0.1, -0.05) is 6.07 Å². The van der Waals surface area contributed by atoms with E-state index >= 15 is 0 Å². The first-order chi connectivity index (χ1) is 12.1. The smallest absolute Gasteiger partial charge is 0.399 e. The minimum atomic E-state index is -0.403. The lowest BCUT2D eigenvalue weighted by molar-refractivity contribution is 0.00578. The third-order valence-electron chi connectivity index (χ3n) is 5.99. The van der Waals surface area contributed by atoms with E-state index in [4.69, 9.17) is 19.0 Å². The topological polar surface area (TPSA) is 55.9 Å². The van der Waals surface area contributed by atoms with Crippen molar-refractivity contribution in [2.45, 2.75) is 58.0 Å². The van der Waals surface area contributed by atoms with Crippen LogP contribution in [-0.4, -0.2) is 62.0 Å². The zero-order valence-corrected chi connectivity index (χ0v) is 17.1. The first-order valence-corrected chi connectivity index (χ1v) is 9.44. The molecule has 26 heavy (non-hydrogen) atoms.